The number of furan rings is 1. The highest BCUT2D eigenvalue weighted by atomic mass is 35.5. The van der Waals surface area contributed by atoms with Crippen molar-refractivity contribution in [2.75, 3.05) is 17.2 Å². The molecule has 0 saturated heterocycles. The van der Waals surface area contributed by atoms with Crippen molar-refractivity contribution in [1.82, 2.24) is 5.32 Å². The standard InChI is InChI=1S/C23H19ClF3N3O4/c24-15-7-5-14(6-8-15)21(32)28-11-1-4-20(31)30-18-10-9-16(13-17(18)23(25,26)27)29-22(33)19-3-2-12-34-19/h2-3,5-10,12-13H,1,4,11H2,(H,28,32)(H,29,33)(H,30,31). The SMILES string of the molecule is O=C(CCCNC(=O)c1ccc(Cl)cc1)Nc1ccc(NC(=O)c2ccco2)cc1C(F)(F)F. The first kappa shape index (κ1) is 24.8. The van der Waals surface area contributed by atoms with Crippen LogP contribution < -0.4 is 16.0 Å². The summed E-state index contributed by atoms with van der Waals surface area (Å²) in [6.45, 7) is 0.152. The number of nitrogens with one attached hydrogen (secondary N) is 3. The molecule has 0 spiro atoms. The first-order valence-corrected chi connectivity index (χ1v) is 10.4. The summed E-state index contributed by atoms with van der Waals surface area (Å²) >= 11 is 5.77. The van der Waals surface area contributed by atoms with Crippen LogP contribution in [0.2, 0.25) is 5.02 Å². The average Bonchev–Trinajstić information content (AvgIpc) is 3.32. The van der Waals surface area contributed by atoms with Crippen molar-refractivity contribution in [1.29, 1.82) is 0 Å². The van der Waals surface area contributed by atoms with Gasteiger partial charge in [0.15, 0.2) is 5.76 Å². The maximum absolute atomic E-state index is 13.5. The highest BCUT2D eigenvalue weighted by Crippen LogP contribution is 2.36. The van der Waals surface area contributed by atoms with Crippen molar-refractivity contribution >= 4 is 40.7 Å². The summed E-state index contributed by atoms with van der Waals surface area (Å²) in [5.41, 5.74) is -1.28. The summed E-state index contributed by atoms with van der Waals surface area (Å²) < 4.78 is 45.5. The lowest BCUT2D eigenvalue weighted by atomic mass is 10.1. The second kappa shape index (κ2) is 10.9. The van der Waals surface area contributed by atoms with E-state index in [0.29, 0.717) is 10.6 Å². The molecule has 0 aliphatic rings. The molecule has 0 aliphatic heterocycles. The van der Waals surface area contributed by atoms with Crippen molar-refractivity contribution in [2.24, 2.45) is 0 Å². The van der Waals surface area contributed by atoms with Gasteiger partial charge in [0.1, 0.15) is 0 Å². The van der Waals surface area contributed by atoms with Crippen molar-refractivity contribution in [3.63, 3.8) is 0 Å². The van der Waals surface area contributed by atoms with Crippen LogP contribution in [0.4, 0.5) is 24.5 Å². The molecule has 3 aromatic rings. The van der Waals surface area contributed by atoms with Crippen LogP contribution in [0.3, 0.4) is 0 Å². The van der Waals surface area contributed by atoms with Gasteiger partial charge in [0.05, 0.1) is 17.5 Å². The fraction of sp³-hybridized carbons (Fsp3) is 0.174. The normalized spacial score (nSPS) is 11.1. The summed E-state index contributed by atoms with van der Waals surface area (Å²) in [6, 6.07) is 12.1. The molecule has 1 heterocycles. The van der Waals surface area contributed by atoms with Crippen LogP contribution in [0.1, 0.15) is 39.3 Å². The van der Waals surface area contributed by atoms with Crippen molar-refractivity contribution in [3.8, 4) is 0 Å². The summed E-state index contributed by atoms with van der Waals surface area (Å²) in [5, 5.41) is 7.65. The number of carbonyl (C=O) groups excluding carboxylic acids is 3. The molecule has 1 aromatic heterocycles. The van der Waals surface area contributed by atoms with Crippen LogP contribution in [0.25, 0.3) is 0 Å². The van der Waals surface area contributed by atoms with Crippen LogP contribution in [0.15, 0.2) is 65.3 Å². The Morgan fingerprint density at radius 3 is 2.32 bits per heavy atom. The molecule has 34 heavy (non-hydrogen) atoms. The Bertz CT molecular complexity index is 1160. The van der Waals surface area contributed by atoms with Gasteiger partial charge >= 0.3 is 6.18 Å². The monoisotopic (exact) mass is 493 g/mol. The number of amides is 3. The molecular formula is C23H19ClF3N3O4. The first-order chi connectivity index (χ1) is 16.1. The first-order valence-electron chi connectivity index (χ1n) is 10.0. The number of rotatable bonds is 8. The quantitative estimate of drug-likeness (QED) is 0.368. The molecule has 3 N–H and O–H groups in total. The lowest BCUT2D eigenvalue weighted by Gasteiger charge is -2.16. The summed E-state index contributed by atoms with van der Waals surface area (Å²) in [6.07, 6.45) is -3.42. The third-order valence-electron chi connectivity index (χ3n) is 4.57. The molecule has 0 aliphatic carbocycles. The van der Waals surface area contributed by atoms with Crippen molar-refractivity contribution in [3.05, 3.63) is 82.8 Å². The van der Waals surface area contributed by atoms with Gasteiger partial charge in [0.25, 0.3) is 11.8 Å². The Morgan fingerprint density at radius 1 is 0.941 bits per heavy atom. The molecule has 0 radical (unpaired) electrons. The van der Waals surface area contributed by atoms with Crippen LogP contribution in [-0.2, 0) is 11.0 Å². The second-order valence-electron chi connectivity index (χ2n) is 7.10. The van der Waals surface area contributed by atoms with Crippen molar-refractivity contribution in [2.45, 2.75) is 19.0 Å². The minimum absolute atomic E-state index is 0.0610. The number of halogens is 4. The van der Waals surface area contributed by atoms with E-state index >= 15 is 0 Å². The Kier molecular flexibility index (Phi) is 7.95. The van der Waals surface area contributed by atoms with E-state index < -0.39 is 29.2 Å². The Morgan fingerprint density at radius 2 is 1.68 bits per heavy atom. The summed E-state index contributed by atoms with van der Waals surface area (Å²) in [5.74, 6) is -1.79. The minimum Gasteiger partial charge on any atom is -0.459 e. The van der Waals surface area contributed by atoms with E-state index in [1.54, 1.807) is 24.3 Å². The van der Waals surface area contributed by atoms with E-state index in [0.717, 1.165) is 12.1 Å². The zero-order valence-electron chi connectivity index (χ0n) is 17.5. The molecule has 2 aromatic carbocycles. The maximum Gasteiger partial charge on any atom is 0.418 e. The highest BCUT2D eigenvalue weighted by molar-refractivity contribution is 6.30. The van der Waals surface area contributed by atoms with Gasteiger partial charge < -0.3 is 20.4 Å². The van der Waals surface area contributed by atoms with Gasteiger partial charge in [-0.25, -0.2) is 0 Å². The fourth-order valence-electron chi connectivity index (χ4n) is 2.93. The summed E-state index contributed by atoms with van der Waals surface area (Å²) in [4.78, 5) is 36.2. The molecule has 0 saturated carbocycles. The molecule has 0 atom stereocenters. The number of hydrogen-bond donors (Lipinski definition) is 3. The molecule has 11 heteroatoms. The predicted molar refractivity (Wildman–Crippen MR) is 120 cm³/mol. The van der Waals surface area contributed by atoms with Gasteiger partial charge in [-0.15, -0.1) is 0 Å². The van der Waals surface area contributed by atoms with Crippen LogP contribution in [-0.4, -0.2) is 24.3 Å². The highest BCUT2D eigenvalue weighted by Gasteiger charge is 2.34. The van der Waals surface area contributed by atoms with Gasteiger partial charge in [0.2, 0.25) is 5.91 Å². The molecular weight excluding hydrogens is 475 g/mol. The van der Waals surface area contributed by atoms with Crippen LogP contribution in [0.5, 0.6) is 0 Å². The van der Waals surface area contributed by atoms with Crippen LogP contribution >= 0.6 is 11.6 Å². The van der Waals surface area contributed by atoms with E-state index in [2.05, 4.69) is 16.0 Å². The van der Waals surface area contributed by atoms with E-state index in [1.807, 2.05) is 0 Å². The molecule has 0 unspecified atom stereocenters. The fourth-order valence-corrected chi connectivity index (χ4v) is 3.06. The molecule has 3 rings (SSSR count). The molecule has 0 bridgehead atoms. The topological polar surface area (TPSA) is 100 Å². The van der Waals surface area contributed by atoms with Gasteiger partial charge in [-0.2, -0.15) is 13.2 Å². The lowest BCUT2D eigenvalue weighted by molar-refractivity contribution is -0.136. The summed E-state index contributed by atoms with van der Waals surface area (Å²) in [7, 11) is 0. The van der Waals surface area contributed by atoms with E-state index in [4.69, 9.17) is 16.0 Å². The molecule has 0 fully saturated rings. The molecule has 7 nitrogen and oxygen atoms in total. The smallest absolute Gasteiger partial charge is 0.418 e. The van der Waals surface area contributed by atoms with E-state index in [-0.39, 0.29) is 36.7 Å². The average molecular weight is 494 g/mol. The Balaban J connectivity index is 1.55. The number of carbonyl (C=O) groups is 3. The van der Waals surface area contributed by atoms with Crippen molar-refractivity contribution < 1.29 is 32.0 Å². The van der Waals surface area contributed by atoms with Gasteiger partial charge in [-0.1, -0.05) is 11.6 Å². The third kappa shape index (κ3) is 6.85. The van der Waals surface area contributed by atoms with Crippen LogP contribution in [0, 0.1) is 0 Å². The largest absolute Gasteiger partial charge is 0.459 e. The van der Waals surface area contributed by atoms with Gasteiger partial charge in [-0.05, 0) is 61.0 Å². The second-order valence-corrected chi connectivity index (χ2v) is 7.54. The van der Waals surface area contributed by atoms with E-state index in [9.17, 15) is 27.6 Å². The number of anilines is 2. The van der Waals surface area contributed by atoms with E-state index in [1.165, 1.54) is 24.5 Å². The third-order valence-corrected chi connectivity index (χ3v) is 4.83. The molecule has 3 amide bonds. The Hall–Kier alpha value is -3.79. The minimum atomic E-state index is -4.78. The van der Waals surface area contributed by atoms with Gasteiger partial charge in [0, 0.05) is 29.2 Å². The zero-order valence-corrected chi connectivity index (χ0v) is 18.3. The number of hydrogen-bond acceptors (Lipinski definition) is 4. The lowest BCUT2D eigenvalue weighted by Crippen LogP contribution is -2.25. The number of alkyl halides is 3. The maximum atomic E-state index is 13.5. The zero-order chi connectivity index (χ0) is 24.7. The van der Waals surface area contributed by atoms with Gasteiger partial charge in [-0.3, -0.25) is 14.4 Å². The number of benzene rings is 2. The molecule has 178 valence electrons. The predicted octanol–water partition coefficient (Wildman–Crippen LogP) is 5.35. The Labute approximate surface area is 197 Å².